The van der Waals surface area contributed by atoms with Gasteiger partial charge in [0.25, 0.3) is 0 Å². The Hall–Kier alpha value is 2.22. The third-order valence-corrected chi connectivity index (χ3v) is 0. The molecule has 0 saturated heterocycles. The third-order valence-electron chi connectivity index (χ3n) is 0. The smallest absolute Gasteiger partial charge is 0 e. The van der Waals surface area contributed by atoms with E-state index in [1.165, 1.54) is 0 Å². The van der Waals surface area contributed by atoms with E-state index < -0.39 is 0 Å². The van der Waals surface area contributed by atoms with Crippen molar-refractivity contribution in [3.8, 4) is 0 Å². The summed E-state index contributed by atoms with van der Waals surface area (Å²) in [5.41, 5.74) is 0. The minimum absolute atomic E-state index is 0. The molecule has 4 heteroatoms. The first-order valence-corrected chi connectivity index (χ1v) is 0. The predicted molar refractivity (Wildman–Crippen MR) is 11.5 cm³/mol. The predicted octanol–water partition coefficient (Wildman–Crippen LogP) is -0.767. The van der Waals surface area contributed by atoms with E-state index in [4.69, 9.17) is 0 Å². The summed E-state index contributed by atoms with van der Waals surface area (Å²) in [4.78, 5) is 0. The second-order valence-corrected chi connectivity index (χ2v) is 0. The average Bonchev–Trinajstić information content (AvgIpc) is 0. The van der Waals surface area contributed by atoms with Crippen LogP contribution < -0.4 is 0 Å². The molecule has 0 heterocycles. The van der Waals surface area contributed by atoms with E-state index in [9.17, 15) is 0 Å². The fourth-order valence-corrected chi connectivity index (χ4v) is 0. The molecule has 0 unspecified atom stereocenters. The molecule has 4 radical (unpaired) electrons. The van der Waals surface area contributed by atoms with Crippen molar-refractivity contribution in [2.24, 2.45) is 0 Å². The summed E-state index contributed by atoms with van der Waals surface area (Å²) < 4.78 is 0. The first kappa shape index (κ1) is 34.4. The van der Waals surface area contributed by atoms with Gasteiger partial charge in [-0.3, -0.25) is 0 Å². The minimum atomic E-state index is 0. The van der Waals surface area contributed by atoms with Crippen LogP contribution in [0.1, 0.15) is 0 Å². The maximum Gasteiger partial charge on any atom is 0 e. The molecule has 0 amide bonds. The Kier molecular flexibility index (Phi) is 162. The molecule has 0 aromatic carbocycles. The van der Waals surface area contributed by atoms with Crippen LogP contribution in [0.5, 0.6) is 0 Å². The van der Waals surface area contributed by atoms with Gasteiger partial charge in [0.05, 0.1) is 0 Å². The molecule has 0 aromatic heterocycles. The normalized spacial score (nSPS) is 0. The molecule has 0 rings (SSSR count). The summed E-state index contributed by atoms with van der Waals surface area (Å²) in [5, 5.41) is 0. The summed E-state index contributed by atoms with van der Waals surface area (Å²) in [6.45, 7) is 0. The molecule has 0 aliphatic rings. The molecule has 0 spiro atoms. The first-order valence-electron chi connectivity index (χ1n) is 0. The molecule has 0 aliphatic heterocycles. The summed E-state index contributed by atoms with van der Waals surface area (Å²) in [6, 6.07) is 0. The zero-order valence-electron chi connectivity index (χ0n) is 2.71. The second-order valence-electron chi connectivity index (χ2n) is 0. The first-order chi connectivity index (χ1) is 0. The zero-order valence-corrected chi connectivity index (χ0v) is 4.93. The maximum absolute atomic E-state index is 0. The van der Waals surface area contributed by atoms with Gasteiger partial charge in [-0.1, -0.05) is 0 Å². The summed E-state index contributed by atoms with van der Waals surface area (Å²) in [6.07, 6.45) is 0. The molecule has 0 aliphatic carbocycles. The van der Waals surface area contributed by atoms with E-state index in [1.54, 1.807) is 0 Å². The molecule has 0 saturated carbocycles. The van der Waals surface area contributed by atoms with Gasteiger partial charge in [0.2, 0.25) is 0 Å². The summed E-state index contributed by atoms with van der Waals surface area (Å²) >= 11 is 0. The Labute approximate surface area is 70.9 Å². The topological polar surface area (TPSA) is 0 Å². The van der Waals surface area contributed by atoms with Crippen molar-refractivity contribution < 1.29 is 33.8 Å². The van der Waals surface area contributed by atoms with Crippen LogP contribution in [-0.2, 0) is 33.8 Å². The van der Waals surface area contributed by atoms with Gasteiger partial charge in [-0.05, 0) is 0 Å². The van der Waals surface area contributed by atoms with Gasteiger partial charge < -0.3 is 0 Å². The molecule has 0 aromatic rings. The standard InChI is InChI=1S/Co.2Li.Mn. The quantitative estimate of drug-likeness (QED) is 0.375. The van der Waals surface area contributed by atoms with Gasteiger partial charge in [-0.15, -0.1) is 0 Å². The van der Waals surface area contributed by atoms with Crippen molar-refractivity contribution in [3.63, 3.8) is 0 Å². The summed E-state index contributed by atoms with van der Waals surface area (Å²) in [7, 11) is 0. The van der Waals surface area contributed by atoms with E-state index >= 15 is 0 Å². The molecular formula is CoLi2Mn. The fraction of sp³-hybridized carbons (Fsp3) is 0. The molecule has 0 nitrogen and oxygen atoms in total. The van der Waals surface area contributed by atoms with Crippen LogP contribution in [0.4, 0.5) is 0 Å². The minimum Gasteiger partial charge on any atom is 0 e. The Morgan fingerprint density at radius 1 is 0.750 bits per heavy atom. The van der Waals surface area contributed by atoms with Crippen LogP contribution in [0.25, 0.3) is 0 Å². The van der Waals surface area contributed by atoms with Gasteiger partial charge in [0, 0.05) is 71.6 Å². The van der Waals surface area contributed by atoms with Gasteiger partial charge in [0.1, 0.15) is 0 Å². The monoisotopic (exact) mass is 128 g/mol. The average molecular weight is 128 g/mol. The molecule has 18 valence electrons. The number of hydrogen-bond donors (Lipinski definition) is 0. The molecule has 0 bridgehead atoms. The van der Waals surface area contributed by atoms with E-state index in [-0.39, 0.29) is 71.6 Å². The van der Waals surface area contributed by atoms with Crippen molar-refractivity contribution in [2.45, 2.75) is 0 Å². The third kappa shape index (κ3) is 8.88. The van der Waals surface area contributed by atoms with E-state index in [2.05, 4.69) is 0 Å². The van der Waals surface area contributed by atoms with Crippen molar-refractivity contribution in [3.05, 3.63) is 0 Å². The van der Waals surface area contributed by atoms with Crippen LogP contribution in [0, 0.1) is 0 Å². The molecule has 0 fully saturated rings. The second kappa shape index (κ2) is 18.9. The molecule has 0 N–H and O–H groups in total. The Balaban J connectivity index is 0. The van der Waals surface area contributed by atoms with Crippen molar-refractivity contribution >= 4 is 37.7 Å². The van der Waals surface area contributed by atoms with Gasteiger partial charge in [0.15, 0.2) is 0 Å². The Morgan fingerprint density at radius 2 is 0.750 bits per heavy atom. The maximum atomic E-state index is 0. The van der Waals surface area contributed by atoms with Crippen LogP contribution in [-0.4, -0.2) is 37.7 Å². The van der Waals surface area contributed by atoms with E-state index in [1.807, 2.05) is 0 Å². The van der Waals surface area contributed by atoms with E-state index in [0.717, 1.165) is 0 Å². The number of hydrogen-bond acceptors (Lipinski definition) is 0. The van der Waals surface area contributed by atoms with Crippen LogP contribution in [0.3, 0.4) is 0 Å². The van der Waals surface area contributed by atoms with Crippen LogP contribution >= 0.6 is 0 Å². The van der Waals surface area contributed by atoms with Crippen molar-refractivity contribution in [2.75, 3.05) is 0 Å². The largest absolute Gasteiger partial charge is 0 e. The van der Waals surface area contributed by atoms with E-state index in [0.29, 0.717) is 0 Å². The summed E-state index contributed by atoms with van der Waals surface area (Å²) in [5.74, 6) is 0. The van der Waals surface area contributed by atoms with Gasteiger partial charge in [-0.2, -0.15) is 0 Å². The van der Waals surface area contributed by atoms with Crippen LogP contribution in [0.2, 0.25) is 0 Å². The zero-order chi connectivity index (χ0) is 0. The SMILES string of the molecule is [Co].[Li].[Li].[Mn]. The van der Waals surface area contributed by atoms with Crippen molar-refractivity contribution in [1.29, 1.82) is 0 Å². The molecular weight excluding hydrogens is 128 g/mol. The molecule has 4 heavy (non-hydrogen) atoms. The van der Waals surface area contributed by atoms with Crippen LogP contribution in [0.15, 0.2) is 0 Å². The Bertz CT molecular complexity index is 6.00. The fourth-order valence-electron chi connectivity index (χ4n) is 0. The molecule has 0 atom stereocenters. The van der Waals surface area contributed by atoms with Crippen molar-refractivity contribution in [1.82, 2.24) is 0 Å². The van der Waals surface area contributed by atoms with Gasteiger partial charge in [-0.25, -0.2) is 0 Å². The number of rotatable bonds is 0. The Morgan fingerprint density at radius 3 is 0.750 bits per heavy atom. The van der Waals surface area contributed by atoms with Gasteiger partial charge >= 0.3 is 0 Å².